The van der Waals surface area contributed by atoms with E-state index in [-0.39, 0.29) is 0 Å². The van der Waals surface area contributed by atoms with Gasteiger partial charge in [0, 0.05) is 55.3 Å². The summed E-state index contributed by atoms with van der Waals surface area (Å²) in [6.07, 6.45) is 1.90. The van der Waals surface area contributed by atoms with Gasteiger partial charge in [-0.1, -0.05) is 109 Å². The van der Waals surface area contributed by atoms with Gasteiger partial charge in [0.2, 0.25) is 0 Å². The summed E-state index contributed by atoms with van der Waals surface area (Å²) in [5, 5.41) is 10.1. The number of rotatable bonds is 3. The van der Waals surface area contributed by atoms with Gasteiger partial charge in [-0.2, -0.15) is 0 Å². The van der Waals surface area contributed by atoms with Gasteiger partial charge in [-0.05, 0) is 88.1 Å². The molecule has 52 heavy (non-hydrogen) atoms. The fourth-order valence-electron chi connectivity index (χ4n) is 9.08. The number of benzene rings is 8. The van der Waals surface area contributed by atoms with E-state index in [1.807, 2.05) is 12.3 Å². The highest BCUT2D eigenvalue weighted by atomic mass is 15.0. The van der Waals surface area contributed by atoms with Crippen molar-refractivity contribution in [2.75, 3.05) is 0 Å². The van der Waals surface area contributed by atoms with Crippen LogP contribution in [0.3, 0.4) is 0 Å². The number of para-hydroxylation sites is 2. The van der Waals surface area contributed by atoms with E-state index in [9.17, 15) is 0 Å². The van der Waals surface area contributed by atoms with Crippen molar-refractivity contribution in [1.82, 2.24) is 14.1 Å². The van der Waals surface area contributed by atoms with Gasteiger partial charge in [-0.3, -0.25) is 4.98 Å². The van der Waals surface area contributed by atoms with Crippen molar-refractivity contribution in [1.29, 1.82) is 0 Å². The first-order chi connectivity index (χ1) is 25.8. The molecule has 0 atom stereocenters. The molecule has 3 heterocycles. The fourth-order valence-corrected chi connectivity index (χ4v) is 9.08. The molecule has 0 saturated carbocycles. The molecule has 3 aromatic heterocycles. The van der Waals surface area contributed by atoms with E-state index in [4.69, 9.17) is 4.98 Å². The van der Waals surface area contributed by atoms with Crippen molar-refractivity contribution in [3.8, 4) is 44.9 Å². The quantitative estimate of drug-likeness (QED) is 0.185. The summed E-state index contributed by atoms with van der Waals surface area (Å²) in [5.74, 6) is 0. The van der Waals surface area contributed by atoms with E-state index in [0.29, 0.717) is 0 Å². The lowest BCUT2D eigenvalue weighted by atomic mass is 9.99. The van der Waals surface area contributed by atoms with Crippen LogP contribution in [0.4, 0.5) is 0 Å². The molecule has 0 saturated heterocycles. The molecule has 0 bridgehead atoms. The monoisotopic (exact) mass is 659 g/mol. The highest BCUT2D eigenvalue weighted by molar-refractivity contribution is 6.22. The van der Waals surface area contributed by atoms with Crippen molar-refractivity contribution in [2.24, 2.45) is 0 Å². The lowest BCUT2D eigenvalue weighted by Crippen LogP contribution is -1.95. The van der Waals surface area contributed by atoms with Crippen molar-refractivity contribution in [3.63, 3.8) is 0 Å². The molecule has 12 rings (SSSR count). The van der Waals surface area contributed by atoms with Gasteiger partial charge in [0.1, 0.15) is 0 Å². The Morgan fingerprint density at radius 1 is 0.365 bits per heavy atom. The number of hydrogen-bond acceptors (Lipinski definition) is 1. The Kier molecular flexibility index (Phi) is 5.50. The van der Waals surface area contributed by atoms with Gasteiger partial charge in [0.15, 0.2) is 0 Å². The minimum Gasteiger partial charge on any atom is -0.309 e. The molecule has 0 fully saturated rings. The van der Waals surface area contributed by atoms with Crippen molar-refractivity contribution in [3.05, 3.63) is 176 Å². The van der Waals surface area contributed by atoms with Gasteiger partial charge >= 0.3 is 0 Å². The summed E-state index contributed by atoms with van der Waals surface area (Å²) in [5.41, 5.74) is 14.4. The molecule has 3 nitrogen and oxygen atoms in total. The van der Waals surface area contributed by atoms with Crippen LogP contribution in [0.15, 0.2) is 176 Å². The van der Waals surface area contributed by atoms with Crippen LogP contribution in [0.2, 0.25) is 0 Å². The molecule has 0 amide bonds. The van der Waals surface area contributed by atoms with E-state index in [1.54, 1.807) is 0 Å². The minimum atomic E-state index is 1.07. The summed E-state index contributed by atoms with van der Waals surface area (Å²) in [6.45, 7) is 0. The van der Waals surface area contributed by atoms with Crippen LogP contribution in [0.5, 0.6) is 0 Å². The topological polar surface area (TPSA) is 22.8 Å². The molecule has 1 aliphatic carbocycles. The van der Waals surface area contributed by atoms with Gasteiger partial charge in [-0.15, -0.1) is 0 Å². The van der Waals surface area contributed by atoms with Gasteiger partial charge in [0.25, 0.3) is 0 Å². The SMILES string of the molecule is c1ccc(-n2c3ccc(-c4ccc5c(c4)c4ccccc4n5-c4ccc5c6c(cccc46)-c4ncccc4-5)cc3c3c4ccccc4ccc32)cc1. The zero-order valence-electron chi connectivity index (χ0n) is 28.1. The molecule has 3 heteroatoms. The maximum Gasteiger partial charge on any atom is 0.0786 e. The Morgan fingerprint density at radius 2 is 1.06 bits per heavy atom. The summed E-state index contributed by atoms with van der Waals surface area (Å²) in [6, 6.07) is 62.3. The summed E-state index contributed by atoms with van der Waals surface area (Å²) in [7, 11) is 0. The largest absolute Gasteiger partial charge is 0.309 e. The minimum absolute atomic E-state index is 1.07. The molecule has 11 aromatic rings. The third kappa shape index (κ3) is 3.66. The average molecular weight is 660 g/mol. The van der Waals surface area contributed by atoms with Crippen LogP contribution in [0, 0.1) is 0 Å². The number of nitrogens with zero attached hydrogens (tertiary/aromatic N) is 3. The lowest BCUT2D eigenvalue weighted by Gasteiger charge is -2.13. The predicted molar refractivity (Wildman–Crippen MR) is 218 cm³/mol. The number of pyridine rings is 1. The van der Waals surface area contributed by atoms with Crippen LogP contribution in [0.25, 0.3) is 110 Å². The lowest BCUT2D eigenvalue weighted by molar-refractivity contribution is 1.18. The first kappa shape index (κ1) is 27.8. The second-order valence-corrected chi connectivity index (χ2v) is 13.9. The molecular weight excluding hydrogens is 631 g/mol. The highest BCUT2D eigenvalue weighted by Gasteiger charge is 2.25. The standard InChI is InChI=1S/C49H29N3/c1-2-11-33(12-3-1)51-45-24-21-32(29-41(45)48-34-13-5-4-10-30(34)19-25-46(48)51)31-20-23-44-40(28-31)35-14-6-7-18-42(35)52(44)43-26-22-36-37-17-9-27-50-49(37)39-16-8-15-38(43)47(36)39/h1-29H. The molecule has 0 aliphatic heterocycles. The van der Waals surface area contributed by atoms with Crippen LogP contribution in [-0.4, -0.2) is 14.1 Å². The molecule has 0 spiro atoms. The van der Waals surface area contributed by atoms with Gasteiger partial charge in [-0.25, -0.2) is 0 Å². The molecule has 1 aliphatic rings. The molecule has 8 aromatic carbocycles. The van der Waals surface area contributed by atoms with E-state index < -0.39 is 0 Å². The molecule has 0 radical (unpaired) electrons. The fraction of sp³-hybridized carbons (Fsp3) is 0. The van der Waals surface area contributed by atoms with Crippen LogP contribution < -0.4 is 0 Å². The first-order valence-electron chi connectivity index (χ1n) is 17.9. The third-order valence-electron chi connectivity index (χ3n) is 11.3. The Labute approximate surface area is 299 Å². The van der Waals surface area contributed by atoms with Crippen LogP contribution >= 0.6 is 0 Å². The third-order valence-corrected chi connectivity index (χ3v) is 11.3. The smallest absolute Gasteiger partial charge is 0.0786 e. The maximum atomic E-state index is 4.79. The normalized spacial score (nSPS) is 12.2. The van der Waals surface area contributed by atoms with E-state index in [1.165, 1.54) is 104 Å². The van der Waals surface area contributed by atoms with Crippen molar-refractivity contribution >= 4 is 65.2 Å². The van der Waals surface area contributed by atoms with Gasteiger partial charge < -0.3 is 9.13 Å². The number of fused-ring (bicyclic) bond motifs is 11. The molecule has 240 valence electrons. The first-order valence-corrected chi connectivity index (χ1v) is 17.9. The van der Waals surface area contributed by atoms with Crippen molar-refractivity contribution < 1.29 is 0 Å². The van der Waals surface area contributed by atoms with Crippen LogP contribution in [-0.2, 0) is 0 Å². The maximum absolute atomic E-state index is 4.79. The Morgan fingerprint density at radius 3 is 1.94 bits per heavy atom. The van der Waals surface area contributed by atoms with E-state index in [2.05, 4.69) is 173 Å². The average Bonchev–Trinajstić information content (AvgIpc) is 3.85. The molecule has 0 unspecified atom stereocenters. The van der Waals surface area contributed by atoms with Crippen LogP contribution in [0.1, 0.15) is 0 Å². The zero-order valence-corrected chi connectivity index (χ0v) is 28.1. The summed E-state index contributed by atoms with van der Waals surface area (Å²) >= 11 is 0. The highest BCUT2D eigenvalue weighted by Crippen LogP contribution is 2.48. The van der Waals surface area contributed by atoms with E-state index in [0.717, 1.165) is 5.69 Å². The zero-order chi connectivity index (χ0) is 33.9. The number of hydrogen-bond donors (Lipinski definition) is 0. The van der Waals surface area contributed by atoms with Crippen molar-refractivity contribution in [2.45, 2.75) is 0 Å². The summed E-state index contributed by atoms with van der Waals surface area (Å²) in [4.78, 5) is 4.79. The second kappa shape index (κ2) is 10.3. The summed E-state index contributed by atoms with van der Waals surface area (Å²) < 4.78 is 4.86. The predicted octanol–water partition coefficient (Wildman–Crippen LogP) is 12.9. The Bertz CT molecular complexity index is 3260. The molecule has 0 N–H and O–H groups in total. The molecular formula is C49H29N3. The van der Waals surface area contributed by atoms with E-state index >= 15 is 0 Å². The second-order valence-electron chi connectivity index (χ2n) is 13.9. The Balaban J connectivity index is 1.09. The Hall–Kier alpha value is -6.97. The van der Waals surface area contributed by atoms with Gasteiger partial charge in [0.05, 0.1) is 33.4 Å². The number of aromatic nitrogens is 3.